The molecule has 69 heavy (non-hydrogen) atoms. The van der Waals surface area contributed by atoms with Crippen molar-refractivity contribution in [1.82, 2.24) is 54.4 Å². The lowest BCUT2D eigenvalue weighted by Gasteiger charge is -2.34. The van der Waals surface area contributed by atoms with Gasteiger partial charge >= 0.3 is 0 Å². The molecule has 2 N–H and O–H groups in total. The zero-order valence-electron chi connectivity index (χ0n) is 37.9. The molecule has 0 fully saturated rings. The van der Waals surface area contributed by atoms with Crippen LogP contribution in [0, 0.1) is 34.9 Å². The number of ether oxygens (including phenoxy) is 1. The Balaban J connectivity index is 0.000000172. The van der Waals surface area contributed by atoms with E-state index < -0.39 is 57.9 Å². The van der Waals surface area contributed by atoms with Crippen molar-refractivity contribution in [2.45, 2.75) is 56.1 Å². The van der Waals surface area contributed by atoms with Gasteiger partial charge in [-0.2, -0.15) is 10.2 Å². The van der Waals surface area contributed by atoms with E-state index in [1.165, 1.54) is 59.6 Å². The molecule has 4 atom stereocenters. The van der Waals surface area contributed by atoms with Crippen LogP contribution < -0.4 is 0 Å². The third kappa shape index (κ3) is 13.0. The van der Waals surface area contributed by atoms with Crippen molar-refractivity contribution >= 4 is 0 Å². The average molecular weight is 954 g/mol. The summed E-state index contributed by atoms with van der Waals surface area (Å²) >= 11 is 0. The first-order valence-corrected chi connectivity index (χ1v) is 21.4. The molecule has 360 valence electrons. The van der Waals surface area contributed by atoms with E-state index in [1.54, 1.807) is 0 Å². The molecule has 4 aromatic heterocycles. The zero-order valence-corrected chi connectivity index (χ0v) is 37.9. The Morgan fingerprint density at radius 1 is 0.565 bits per heavy atom. The molecule has 8 aromatic rings. The second kappa shape index (κ2) is 23.6. The molecule has 0 aliphatic heterocycles. The second-order valence-electron chi connectivity index (χ2n) is 16.1. The number of halogens is 6. The van der Waals surface area contributed by atoms with Gasteiger partial charge in [0.2, 0.25) is 0 Å². The van der Waals surface area contributed by atoms with Crippen molar-refractivity contribution in [1.29, 1.82) is 0 Å². The molecule has 14 nitrogen and oxygen atoms in total. The van der Waals surface area contributed by atoms with E-state index in [-0.39, 0.29) is 41.7 Å². The fourth-order valence-electron chi connectivity index (χ4n) is 7.44. The minimum Gasteiger partial charge on any atom is -0.382 e. The van der Waals surface area contributed by atoms with Gasteiger partial charge in [0.05, 0.1) is 43.5 Å². The summed E-state index contributed by atoms with van der Waals surface area (Å²) in [6.45, 7) is 4.16. The fourth-order valence-corrected chi connectivity index (χ4v) is 7.44. The number of rotatable bonds is 16. The van der Waals surface area contributed by atoms with Gasteiger partial charge < -0.3 is 19.8 Å². The molecule has 0 spiro atoms. The van der Waals surface area contributed by atoms with Crippen LogP contribution in [0.3, 0.4) is 0 Å². The summed E-state index contributed by atoms with van der Waals surface area (Å²) in [5.41, 5.74) is -2.10. The van der Waals surface area contributed by atoms with Gasteiger partial charge in [-0.25, -0.2) is 65.6 Å². The third-order valence-corrected chi connectivity index (χ3v) is 11.2. The van der Waals surface area contributed by atoms with Gasteiger partial charge in [-0.05, 0) is 37.4 Å². The number of nitrogens with zero attached hydrogens (tertiary/aromatic N) is 11. The molecule has 4 aromatic carbocycles. The summed E-state index contributed by atoms with van der Waals surface area (Å²) in [5, 5.41) is 30.4. The van der Waals surface area contributed by atoms with Gasteiger partial charge in [0.25, 0.3) is 0 Å². The third-order valence-electron chi connectivity index (χ3n) is 11.2. The highest BCUT2D eigenvalue weighted by Crippen LogP contribution is 2.41. The molecular formula is C49H49F6N11O3. The summed E-state index contributed by atoms with van der Waals surface area (Å²) in [7, 11) is 4.12. The van der Waals surface area contributed by atoms with Crippen LogP contribution in [0.4, 0.5) is 26.3 Å². The maximum Gasteiger partial charge on any atom is 0.163 e. The smallest absolute Gasteiger partial charge is 0.163 e. The number of hydrogen-bond acceptors (Lipinski definition) is 12. The Hall–Kier alpha value is -7.26. The van der Waals surface area contributed by atoms with Crippen LogP contribution in [-0.4, -0.2) is 91.8 Å². The highest BCUT2D eigenvalue weighted by atomic mass is 19.2. The van der Waals surface area contributed by atoms with E-state index in [0.29, 0.717) is 12.1 Å². The van der Waals surface area contributed by atoms with Gasteiger partial charge in [0.15, 0.2) is 11.6 Å². The summed E-state index contributed by atoms with van der Waals surface area (Å²) in [6.07, 6.45) is 9.34. The SMILES string of the molecule is CN(C)CCOC(c1ccccc1)c1ccccc1.C[C@@H](c1ncncc1F)[C@](O)(Cn1cncn1)c1ccc(F)cc1F.C[C@@H](c1ncncc1F)[C@](O)(Cn1cncn1)c1ccc(F)cc1F. The summed E-state index contributed by atoms with van der Waals surface area (Å²) in [5.74, 6) is -6.94. The Morgan fingerprint density at radius 3 is 1.33 bits per heavy atom. The number of likely N-dealkylation sites (N-methyl/N-ethyl adjacent to an activating group) is 1. The van der Waals surface area contributed by atoms with Gasteiger partial charge in [-0.1, -0.05) is 86.6 Å². The fraction of sp³-hybridized carbons (Fsp3) is 0.265. The normalized spacial score (nSPS) is 13.9. The van der Waals surface area contributed by atoms with Crippen LogP contribution in [0.5, 0.6) is 0 Å². The lowest BCUT2D eigenvalue weighted by atomic mass is 9.79. The quantitative estimate of drug-likeness (QED) is 0.0908. The van der Waals surface area contributed by atoms with Gasteiger partial charge in [0, 0.05) is 41.6 Å². The largest absolute Gasteiger partial charge is 0.382 e. The molecule has 0 saturated heterocycles. The Labute approximate surface area is 394 Å². The second-order valence-corrected chi connectivity index (χ2v) is 16.1. The van der Waals surface area contributed by atoms with Crippen LogP contribution in [0.1, 0.15) is 65.4 Å². The molecular weight excluding hydrogens is 905 g/mol. The summed E-state index contributed by atoms with van der Waals surface area (Å²) < 4.78 is 92.1. The highest BCUT2D eigenvalue weighted by Gasteiger charge is 2.43. The Kier molecular flexibility index (Phi) is 17.5. The minimum absolute atomic E-state index is 0.0161. The topological polar surface area (TPSA) is 166 Å². The van der Waals surface area contributed by atoms with E-state index in [1.807, 2.05) is 12.1 Å². The van der Waals surface area contributed by atoms with E-state index in [9.17, 15) is 36.6 Å². The molecule has 8 rings (SSSR count). The Bertz CT molecular complexity index is 2630. The van der Waals surface area contributed by atoms with Crippen LogP contribution in [0.15, 0.2) is 147 Å². The average Bonchev–Trinajstić information content (AvgIpc) is 4.06. The first-order valence-electron chi connectivity index (χ1n) is 21.4. The molecule has 4 heterocycles. The molecule has 20 heteroatoms. The first-order chi connectivity index (χ1) is 33.1. The maximum atomic E-state index is 14.4. The zero-order chi connectivity index (χ0) is 49.6. The van der Waals surface area contributed by atoms with E-state index in [2.05, 4.69) is 108 Å². The molecule has 0 radical (unpaired) electrons. The van der Waals surface area contributed by atoms with Crippen LogP contribution in [0.25, 0.3) is 0 Å². The summed E-state index contributed by atoms with van der Waals surface area (Å²) in [6, 6.07) is 26.4. The predicted molar refractivity (Wildman–Crippen MR) is 241 cm³/mol. The van der Waals surface area contributed by atoms with Crippen molar-refractivity contribution in [3.8, 4) is 0 Å². The van der Waals surface area contributed by atoms with Crippen molar-refractivity contribution in [3.63, 3.8) is 0 Å². The molecule has 0 saturated carbocycles. The number of aliphatic hydroxyl groups is 2. The van der Waals surface area contributed by atoms with E-state index in [0.717, 1.165) is 62.5 Å². The summed E-state index contributed by atoms with van der Waals surface area (Å²) in [4.78, 5) is 24.5. The van der Waals surface area contributed by atoms with Crippen molar-refractivity contribution in [2.24, 2.45) is 0 Å². The van der Waals surface area contributed by atoms with Crippen LogP contribution >= 0.6 is 0 Å². The Morgan fingerprint density at radius 2 is 0.986 bits per heavy atom. The van der Waals surface area contributed by atoms with E-state index >= 15 is 0 Å². The standard InChI is InChI=1S/C17H21NO.2C16H14F3N5O/c1-18(2)13-14-19-17(15-9-5-3-6-10-15)16-11-7-4-8-12-16;2*1-10(15-14(19)5-20-7-22-15)16(25,6-24-9-21-8-23-24)12-3-2-11(17)4-13(12)18/h3-12,17H,13-14H2,1-2H3;2*2-5,7-10,25H,6H2,1H3/t;2*10-,16+/m.00/s1. The number of hydrogen-bond donors (Lipinski definition) is 2. The highest BCUT2D eigenvalue weighted by molar-refractivity contribution is 5.32. The molecule has 0 amide bonds. The van der Waals surface area contributed by atoms with Crippen LogP contribution in [0.2, 0.25) is 0 Å². The predicted octanol–water partition coefficient (Wildman–Crippen LogP) is 7.71. The molecule has 0 unspecified atom stereocenters. The number of benzene rings is 4. The van der Waals surface area contributed by atoms with Crippen molar-refractivity contribution < 1.29 is 41.3 Å². The molecule has 0 aliphatic carbocycles. The minimum atomic E-state index is -1.96. The first kappa shape index (κ1) is 51.1. The van der Waals surface area contributed by atoms with Crippen LogP contribution in [-0.2, 0) is 29.0 Å². The molecule has 0 aliphatic rings. The lowest BCUT2D eigenvalue weighted by molar-refractivity contribution is -0.0137. The van der Waals surface area contributed by atoms with Crippen molar-refractivity contribution in [3.05, 3.63) is 216 Å². The number of aromatic nitrogens is 10. The van der Waals surface area contributed by atoms with Gasteiger partial charge in [-0.3, -0.25) is 0 Å². The lowest BCUT2D eigenvalue weighted by Crippen LogP contribution is -2.39. The van der Waals surface area contributed by atoms with E-state index in [4.69, 9.17) is 4.74 Å². The molecule has 0 bridgehead atoms. The maximum absolute atomic E-state index is 14.4. The monoisotopic (exact) mass is 953 g/mol. The van der Waals surface area contributed by atoms with Crippen molar-refractivity contribution in [2.75, 3.05) is 27.2 Å². The van der Waals surface area contributed by atoms with Gasteiger partial charge in [-0.15, -0.1) is 0 Å². The van der Waals surface area contributed by atoms with Gasteiger partial charge in [0.1, 0.15) is 78.5 Å².